The van der Waals surface area contributed by atoms with Crippen LogP contribution in [0.3, 0.4) is 0 Å². The number of aryl methyl sites for hydroxylation is 1. The van der Waals surface area contributed by atoms with Crippen molar-refractivity contribution in [2.45, 2.75) is 39.7 Å². The van der Waals surface area contributed by atoms with Gasteiger partial charge in [0.2, 0.25) is 5.91 Å². The summed E-state index contributed by atoms with van der Waals surface area (Å²) in [6.45, 7) is 4.87. The van der Waals surface area contributed by atoms with Crippen molar-refractivity contribution in [1.82, 2.24) is 4.57 Å². The van der Waals surface area contributed by atoms with E-state index in [1.165, 1.54) is 41.5 Å². The zero-order chi connectivity index (χ0) is 25.8. The van der Waals surface area contributed by atoms with E-state index in [1.807, 2.05) is 29.7 Å². The highest BCUT2D eigenvalue weighted by Crippen LogP contribution is 2.40. The Morgan fingerprint density at radius 1 is 1.22 bits per heavy atom. The summed E-state index contributed by atoms with van der Waals surface area (Å²) in [6.07, 6.45) is 2.71. The number of fused-ring (bicyclic) bond motifs is 2. The highest BCUT2D eigenvalue weighted by Gasteiger charge is 2.28. The Morgan fingerprint density at radius 2 is 2.03 bits per heavy atom. The van der Waals surface area contributed by atoms with E-state index in [9.17, 15) is 14.4 Å². The standard InChI is InChI=1S/C25H29N3O5S3/c1-5-28-17-9-7-15(32-3)11-19(17)36-25(28)27-21(30)13-34-12-20(29)26-23-22(24(31)33-4)16-8-6-14(2)10-18(16)35-23/h7,9,11,14H,5-6,8,10,12-13H2,1-4H3,(H,26,29). The Bertz CT molecular complexity index is 1370. The molecule has 0 saturated carbocycles. The lowest BCUT2D eigenvalue weighted by Gasteiger charge is -2.18. The van der Waals surface area contributed by atoms with Gasteiger partial charge in [-0.05, 0) is 55.9 Å². The second kappa shape index (κ2) is 11.6. The number of methoxy groups -OCH3 is 2. The summed E-state index contributed by atoms with van der Waals surface area (Å²) in [5.41, 5.74) is 2.46. The third-order valence-corrected chi connectivity index (χ3v) is 9.17. The molecule has 1 unspecified atom stereocenters. The molecule has 0 fully saturated rings. The van der Waals surface area contributed by atoms with Gasteiger partial charge in [-0.2, -0.15) is 4.99 Å². The molecule has 0 spiro atoms. The third-order valence-electron chi connectivity index (χ3n) is 6.04. The molecule has 1 aliphatic carbocycles. The van der Waals surface area contributed by atoms with Gasteiger partial charge in [-0.1, -0.05) is 18.3 Å². The van der Waals surface area contributed by atoms with E-state index in [1.54, 1.807) is 7.11 Å². The number of amides is 2. The largest absolute Gasteiger partial charge is 0.497 e. The van der Waals surface area contributed by atoms with Crippen molar-refractivity contribution in [3.63, 3.8) is 0 Å². The normalized spacial score (nSPS) is 15.6. The summed E-state index contributed by atoms with van der Waals surface area (Å²) in [7, 11) is 2.97. The van der Waals surface area contributed by atoms with Gasteiger partial charge in [0.1, 0.15) is 10.8 Å². The lowest BCUT2D eigenvalue weighted by molar-refractivity contribution is -0.115. The minimum Gasteiger partial charge on any atom is -0.497 e. The molecular formula is C25H29N3O5S3. The van der Waals surface area contributed by atoms with Gasteiger partial charge in [-0.15, -0.1) is 23.1 Å². The molecule has 3 aromatic rings. The number of rotatable bonds is 8. The molecular weight excluding hydrogens is 518 g/mol. The number of carbonyl (C=O) groups excluding carboxylic acids is 3. The van der Waals surface area contributed by atoms with Crippen LogP contribution in [-0.4, -0.2) is 48.1 Å². The number of aromatic nitrogens is 1. The number of anilines is 1. The second-order valence-electron chi connectivity index (χ2n) is 8.56. The number of thiophene rings is 1. The lowest BCUT2D eigenvalue weighted by atomic mass is 9.88. The summed E-state index contributed by atoms with van der Waals surface area (Å²) < 4.78 is 13.3. The smallest absolute Gasteiger partial charge is 0.341 e. The first kappa shape index (κ1) is 26.4. The van der Waals surface area contributed by atoms with E-state index >= 15 is 0 Å². The summed E-state index contributed by atoms with van der Waals surface area (Å²) in [5, 5.41) is 3.40. The van der Waals surface area contributed by atoms with Crippen LogP contribution in [-0.2, 0) is 33.7 Å². The van der Waals surface area contributed by atoms with Crippen LogP contribution in [0, 0.1) is 5.92 Å². The van der Waals surface area contributed by atoms with Gasteiger partial charge in [-0.3, -0.25) is 9.59 Å². The Balaban J connectivity index is 1.40. The van der Waals surface area contributed by atoms with Crippen LogP contribution >= 0.6 is 34.4 Å². The minimum absolute atomic E-state index is 0.0804. The van der Waals surface area contributed by atoms with Crippen molar-refractivity contribution in [1.29, 1.82) is 0 Å². The summed E-state index contributed by atoms with van der Waals surface area (Å²) in [5.74, 6) is 0.471. The fourth-order valence-corrected chi connectivity index (χ4v) is 7.41. The number of hydrogen-bond donors (Lipinski definition) is 1. The number of hydrogen-bond acceptors (Lipinski definition) is 8. The van der Waals surface area contributed by atoms with Crippen molar-refractivity contribution in [2.75, 3.05) is 31.0 Å². The number of benzene rings is 1. The number of esters is 1. The van der Waals surface area contributed by atoms with Crippen LogP contribution in [0.5, 0.6) is 5.75 Å². The van der Waals surface area contributed by atoms with E-state index in [-0.39, 0.29) is 23.3 Å². The van der Waals surface area contributed by atoms with Crippen LogP contribution in [0.15, 0.2) is 23.2 Å². The number of carbonyl (C=O) groups is 3. The molecule has 36 heavy (non-hydrogen) atoms. The molecule has 1 N–H and O–H groups in total. The highest BCUT2D eigenvalue weighted by atomic mass is 32.2. The number of nitrogens with one attached hydrogen (secondary N) is 1. The number of nitrogens with zero attached hydrogens (tertiary/aromatic N) is 2. The monoisotopic (exact) mass is 547 g/mol. The van der Waals surface area contributed by atoms with Crippen LogP contribution < -0.4 is 14.9 Å². The van der Waals surface area contributed by atoms with E-state index in [0.717, 1.165) is 45.7 Å². The van der Waals surface area contributed by atoms with Gasteiger partial charge in [0.05, 0.1) is 41.5 Å². The van der Waals surface area contributed by atoms with E-state index in [2.05, 4.69) is 17.2 Å². The predicted octanol–water partition coefficient (Wildman–Crippen LogP) is 4.50. The molecule has 1 aliphatic rings. The molecule has 1 aromatic carbocycles. The quantitative estimate of drug-likeness (QED) is 0.417. The maximum Gasteiger partial charge on any atom is 0.341 e. The molecule has 0 bridgehead atoms. The van der Waals surface area contributed by atoms with E-state index in [4.69, 9.17) is 9.47 Å². The van der Waals surface area contributed by atoms with Gasteiger partial charge in [0, 0.05) is 11.4 Å². The number of ether oxygens (including phenoxy) is 2. The predicted molar refractivity (Wildman–Crippen MR) is 145 cm³/mol. The van der Waals surface area contributed by atoms with E-state index < -0.39 is 5.97 Å². The topological polar surface area (TPSA) is 99.0 Å². The molecule has 192 valence electrons. The average molecular weight is 548 g/mol. The average Bonchev–Trinajstić information content (AvgIpc) is 3.38. The van der Waals surface area contributed by atoms with E-state index in [0.29, 0.717) is 27.8 Å². The molecule has 0 radical (unpaired) electrons. The summed E-state index contributed by atoms with van der Waals surface area (Å²) in [4.78, 5) is 43.7. The zero-order valence-corrected chi connectivity index (χ0v) is 23.2. The number of thioether (sulfide) groups is 1. The highest BCUT2D eigenvalue weighted by molar-refractivity contribution is 8.00. The molecule has 0 saturated heterocycles. The summed E-state index contributed by atoms with van der Waals surface area (Å²) in [6, 6.07) is 5.78. The van der Waals surface area contributed by atoms with Crippen molar-refractivity contribution in [3.8, 4) is 5.75 Å². The maximum atomic E-state index is 12.6. The Morgan fingerprint density at radius 3 is 2.75 bits per heavy atom. The summed E-state index contributed by atoms with van der Waals surface area (Å²) >= 11 is 4.08. The molecule has 2 aromatic heterocycles. The first-order valence-corrected chi connectivity index (χ1v) is 14.5. The van der Waals surface area contributed by atoms with Crippen molar-refractivity contribution >= 4 is 67.4 Å². The zero-order valence-electron chi connectivity index (χ0n) is 20.7. The molecule has 11 heteroatoms. The molecule has 2 amide bonds. The third kappa shape index (κ3) is 5.68. The first-order chi connectivity index (χ1) is 17.3. The van der Waals surface area contributed by atoms with Gasteiger partial charge < -0.3 is 19.4 Å². The van der Waals surface area contributed by atoms with Gasteiger partial charge in [0.15, 0.2) is 4.80 Å². The van der Waals surface area contributed by atoms with Crippen LogP contribution in [0.25, 0.3) is 10.2 Å². The molecule has 0 aliphatic heterocycles. The second-order valence-corrected chi connectivity index (χ2v) is 11.7. The Hall–Kier alpha value is -2.63. The first-order valence-electron chi connectivity index (χ1n) is 11.7. The Kier molecular flexibility index (Phi) is 8.53. The van der Waals surface area contributed by atoms with Gasteiger partial charge in [-0.25, -0.2) is 4.79 Å². The molecule has 4 rings (SSSR count). The van der Waals surface area contributed by atoms with Crippen molar-refractivity contribution in [3.05, 3.63) is 39.0 Å². The van der Waals surface area contributed by atoms with Crippen molar-refractivity contribution in [2.24, 2.45) is 10.9 Å². The van der Waals surface area contributed by atoms with Gasteiger partial charge >= 0.3 is 5.97 Å². The molecule has 1 atom stereocenters. The van der Waals surface area contributed by atoms with Crippen LogP contribution in [0.4, 0.5) is 5.00 Å². The lowest BCUT2D eigenvalue weighted by Crippen LogP contribution is -2.19. The van der Waals surface area contributed by atoms with Gasteiger partial charge in [0.25, 0.3) is 5.91 Å². The molecule has 8 nitrogen and oxygen atoms in total. The Labute approximate surface area is 221 Å². The SMILES string of the molecule is CCn1c(=NC(=O)CSCC(=O)Nc2sc3c(c2C(=O)OC)CCC(C)C3)sc2cc(OC)ccc21. The maximum absolute atomic E-state index is 12.6. The molecule has 2 heterocycles. The van der Waals surface area contributed by atoms with Crippen LogP contribution in [0.2, 0.25) is 0 Å². The van der Waals surface area contributed by atoms with Crippen LogP contribution in [0.1, 0.15) is 41.1 Å². The minimum atomic E-state index is -0.427. The fourth-order valence-electron chi connectivity index (χ4n) is 4.26. The number of thiazole rings is 1. The van der Waals surface area contributed by atoms with Crippen molar-refractivity contribution < 1.29 is 23.9 Å². The fraction of sp³-hybridized carbons (Fsp3) is 0.440.